The molecule has 2 aromatic rings. The molecule has 9 nitrogen and oxygen atoms in total. The SMILES string of the molecule is O=C(O)CCCN1C(=O)C(=O)/C(=C(/O)c2ccc([N+](=O)[O-])cc2)[C@@H]1c1ccccc1F. The van der Waals surface area contributed by atoms with Gasteiger partial charge in [0.2, 0.25) is 0 Å². The fourth-order valence-electron chi connectivity index (χ4n) is 3.43. The van der Waals surface area contributed by atoms with E-state index < -0.39 is 40.2 Å². The number of carbonyl (C=O) groups is 3. The van der Waals surface area contributed by atoms with Gasteiger partial charge >= 0.3 is 5.97 Å². The summed E-state index contributed by atoms with van der Waals surface area (Å²) in [6.07, 6.45) is -0.250. The smallest absolute Gasteiger partial charge is 0.303 e. The van der Waals surface area contributed by atoms with Crippen LogP contribution in [0.3, 0.4) is 0 Å². The first-order valence-corrected chi connectivity index (χ1v) is 9.21. The van der Waals surface area contributed by atoms with E-state index in [2.05, 4.69) is 0 Å². The number of nitro benzene ring substituents is 1. The number of likely N-dealkylation sites (tertiary alicyclic amines) is 1. The number of nitrogens with zero attached hydrogens (tertiary/aromatic N) is 2. The monoisotopic (exact) mass is 428 g/mol. The highest BCUT2D eigenvalue weighted by Gasteiger charge is 2.46. The summed E-state index contributed by atoms with van der Waals surface area (Å²) in [5.74, 6) is -4.47. The van der Waals surface area contributed by atoms with Gasteiger partial charge in [-0.2, -0.15) is 0 Å². The van der Waals surface area contributed by atoms with Crippen molar-refractivity contribution in [3.05, 3.63) is 81.2 Å². The zero-order valence-electron chi connectivity index (χ0n) is 16.0. The fourth-order valence-corrected chi connectivity index (χ4v) is 3.43. The number of amides is 1. The van der Waals surface area contributed by atoms with Crippen LogP contribution in [0.5, 0.6) is 0 Å². The van der Waals surface area contributed by atoms with Crippen LogP contribution < -0.4 is 0 Å². The Kier molecular flexibility index (Phi) is 6.10. The molecule has 0 radical (unpaired) electrons. The summed E-state index contributed by atoms with van der Waals surface area (Å²) >= 11 is 0. The maximum atomic E-state index is 14.6. The molecular weight excluding hydrogens is 411 g/mol. The third kappa shape index (κ3) is 4.27. The number of aliphatic carboxylic acids is 1. The Bertz CT molecular complexity index is 1100. The van der Waals surface area contributed by atoms with E-state index in [0.29, 0.717) is 0 Å². The third-order valence-corrected chi connectivity index (χ3v) is 4.88. The summed E-state index contributed by atoms with van der Waals surface area (Å²) < 4.78 is 14.6. The molecular formula is C21H17FN2O7. The second kappa shape index (κ2) is 8.74. The average molecular weight is 428 g/mol. The van der Waals surface area contributed by atoms with Crippen LogP contribution >= 0.6 is 0 Å². The number of Topliss-reactive ketones (excluding diaryl/α,β-unsaturated/α-hetero) is 1. The van der Waals surface area contributed by atoms with Gasteiger partial charge in [-0.25, -0.2) is 4.39 Å². The van der Waals surface area contributed by atoms with Gasteiger partial charge in [-0.3, -0.25) is 24.5 Å². The van der Waals surface area contributed by atoms with E-state index in [1.807, 2.05) is 0 Å². The van der Waals surface area contributed by atoms with Gasteiger partial charge < -0.3 is 15.1 Å². The second-order valence-electron chi connectivity index (χ2n) is 6.82. The molecule has 1 heterocycles. The number of ketones is 1. The average Bonchev–Trinajstić information content (AvgIpc) is 2.98. The molecule has 0 saturated carbocycles. The third-order valence-electron chi connectivity index (χ3n) is 4.88. The molecule has 160 valence electrons. The normalized spacial score (nSPS) is 17.7. The summed E-state index contributed by atoms with van der Waals surface area (Å²) in [6.45, 7) is -0.146. The molecule has 3 rings (SSSR count). The molecule has 0 bridgehead atoms. The molecule has 2 N–H and O–H groups in total. The van der Waals surface area contributed by atoms with Crippen molar-refractivity contribution in [3.8, 4) is 0 Å². The molecule has 1 saturated heterocycles. The number of hydrogen-bond acceptors (Lipinski definition) is 6. The van der Waals surface area contributed by atoms with E-state index in [-0.39, 0.29) is 41.8 Å². The zero-order valence-corrected chi connectivity index (χ0v) is 16.0. The van der Waals surface area contributed by atoms with Crippen LogP contribution in [0.4, 0.5) is 10.1 Å². The molecule has 1 amide bonds. The van der Waals surface area contributed by atoms with Gasteiger partial charge in [0.1, 0.15) is 11.6 Å². The van der Waals surface area contributed by atoms with Crippen molar-refractivity contribution < 1.29 is 33.9 Å². The van der Waals surface area contributed by atoms with E-state index in [4.69, 9.17) is 5.11 Å². The van der Waals surface area contributed by atoms with Crippen LogP contribution in [-0.4, -0.2) is 44.2 Å². The number of non-ortho nitro benzene ring substituents is 1. The number of carboxylic acid groups (broad SMARTS) is 1. The number of nitro groups is 1. The molecule has 0 aromatic heterocycles. The Morgan fingerprint density at radius 1 is 1.10 bits per heavy atom. The highest BCUT2D eigenvalue weighted by atomic mass is 19.1. The van der Waals surface area contributed by atoms with Crippen LogP contribution in [0.2, 0.25) is 0 Å². The minimum atomic E-state index is -1.27. The van der Waals surface area contributed by atoms with Gasteiger partial charge in [-0.05, 0) is 24.6 Å². The van der Waals surface area contributed by atoms with Crippen LogP contribution in [0.1, 0.15) is 30.0 Å². The molecule has 1 atom stereocenters. The lowest BCUT2D eigenvalue weighted by molar-refractivity contribution is -0.384. The first-order chi connectivity index (χ1) is 14.7. The standard InChI is InChI=1S/C21H17FN2O7/c22-15-5-2-1-4-14(15)18-17(19(27)12-7-9-13(10-8-12)24(30)31)20(28)21(29)23(18)11-3-6-16(25)26/h1-2,4-5,7-10,18,27H,3,6,11H2,(H,25,26)/b19-17+/t18-/m0/s1. The van der Waals surface area contributed by atoms with E-state index >= 15 is 0 Å². The quantitative estimate of drug-likeness (QED) is 0.227. The zero-order chi connectivity index (χ0) is 22.7. The number of aliphatic hydroxyl groups is 1. The van der Waals surface area contributed by atoms with E-state index in [1.165, 1.54) is 30.3 Å². The Balaban J connectivity index is 2.11. The number of benzene rings is 2. The number of aliphatic hydroxyl groups excluding tert-OH is 1. The topological polar surface area (TPSA) is 138 Å². The van der Waals surface area contributed by atoms with E-state index in [0.717, 1.165) is 23.1 Å². The van der Waals surface area contributed by atoms with Gasteiger partial charge in [0.25, 0.3) is 17.4 Å². The van der Waals surface area contributed by atoms with Crippen LogP contribution in [-0.2, 0) is 14.4 Å². The minimum absolute atomic E-state index is 0.0187. The van der Waals surface area contributed by atoms with E-state index in [1.54, 1.807) is 0 Å². The largest absolute Gasteiger partial charge is 0.507 e. The van der Waals surface area contributed by atoms with Gasteiger partial charge in [0.05, 0.1) is 16.5 Å². The lowest BCUT2D eigenvalue weighted by Crippen LogP contribution is -2.31. The van der Waals surface area contributed by atoms with Crippen molar-refractivity contribution in [1.82, 2.24) is 4.90 Å². The molecule has 1 aliphatic rings. The summed E-state index contributed by atoms with van der Waals surface area (Å²) in [7, 11) is 0. The number of carboxylic acids is 1. The number of rotatable bonds is 7. The van der Waals surface area contributed by atoms with Crippen molar-refractivity contribution >= 4 is 29.1 Å². The maximum absolute atomic E-state index is 14.6. The molecule has 2 aromatic carbocycles. The molecule has 1 fully saturated rings. The Morgan fingerprint density at radius 3 is 2.32 bits per heavy atom. The van der Waals surface area contributed by atoms with Gasteiger partial charge in [-0.15, -0.1) is 0 Å². The van der Waals surface area contributed by atoms with Crippen LogP contribution in [0, 0.1) is 15.9 Å². The maximum Gasteiger partial charge on any atom is 0.303 e. The first-order valence-electron chi connectivity index (χ1n) is 9.21. The second-order valence-corrected chi connectivity index (χ2v) is 6.82. The van der Waals surface area contributed by atoms with E-state index in [9.17, 15) is 34.0 Å². The Hall–Kier alpha value is -4.08. The minimum Gasteiger partial charge on any atom is -0.507 e. The lowest BCUT2D eigenvalue weighted by atomic mass is 9.95. The van der Waals surface area contributed by atoms with Crippen molar-refractivity contribution in [1.29, 1.82) is 0 Å². The van der Waals surface area contributed by atoms with Crippen molar-refractivity contribution in [2.24, 2.45) is 0 Å². The molecule has 1 aliphatic heterocycles. The Morgan fingerprint density at radius 2 is 1.74 bits per heavy atom. The highest BCUT2D eigenvalue weighted by Crippen LogP contribution is 2.40. The van der Waals surface area contributed by atoms with Crippen molar-refractivity contribution in [3.63, 3.8) is 0 Å². The molecule has 0 spiro atoms. The lowest BCUT2D eigenvalue weighted by Gasteiger charge is -2.25. The molecule has 31 heavy (non-hydrogen) atoms. The number of hydrogen-bond donors (Lipinski definition) is 2. The van der Waals surface area contributed by atoms with Gasteiger partial charge in [0.15, 0.2) is 0 Å². The predicted molar refractivity (Wildman–Crippen MR) is 105 cm³/mol. The van der Waals surface area contributed by atoms with Crippen LogP contribution in [0.25, 0.3) is 5.76 Å². The summed E-state index contributed by atoms with van der Waals surface area (Å²) in [6, 6.07) is 8.82. The van der Waals surface area contributed by atoms with Crippen molar-refractivity contribution in [2.75, 3.05) is 6.54 Å². The fraction of sp³-hybridized carbons (Fsp3) is 0.190. The van der Waals surface area contributed by atoms with Crippen molar-refractivity contribution in [2.45, 2.75) is 18.9 Å². The molecule has 0 aliphatic carbocycles. The number of carbonyl (C=O) groups excluding carboxylic acids is 2. The summed E-state index contributed by atoms with van der Waals surface area (Å²) in [4.78, 5) is 47.4. The Labute approximate surface area is 175 Å². The predicted octanol–water partition coefficient (Wildman–Crippen LogP) is 3.02. The molecule has 0 unspecified atom stereocenters. The summed E-state index contributed by atoms with van der Waals surface area (Å²) in [5, 5.41) is 30.5. The van der Waals surface area contributed by atoms with Gasteiger partial charge in [0, 0.05) is 36.2 Å². The number of halogens is 1. The van der Waals surface area contributed by atoms with Gasteiger partial charge in [-0.1, -0.05) is 18.2 Å². The highest BCUT2D eigenvalue weighted by molar-refractivity contribution is 6.46. The first kappa shape index (κ1) is 21.6. The van der Waals surface area contributed by atoms with Crippen LogP contribution in [0.15, 0.2) is 54.1 Å². The summed E-state index contributed by atoms with van der Waals surface area (Å²) in [5.41, 5.74) is -0.619. The molecule has 10 heteroatoms.